The third-order valence-electron chi connectivity index (χ3n) is 3.84. The predicted octanol–water partition coefficient (Wildman–Crippen LogP) is 3.81. The molecule has 0 saturated carbocycles. The van der Waals surface area contributed by atoms with Crippen LogP contribution in [0.2, 0.25) is 0 Å². The van der Waals surface area contributed by atoms with Gasteiger partial charge in [-0.25, -0.2) is 4.79 Å². The van der Waals surface area contributed by atoms with Crippen LogP contribution in [0.5, 0.6) is 5.75 Å². The van der Waals surface area contributed by atoms with E-state index in [9.17, 15) is 22.8 Å². The molecule has 0 amide bonds. The summed E-state index contributed by atoms with van der Waals surface area (Å²) in [6.07, 6.45) is -5.63. The van der Waals surface area contributed by atoms with Gasteiger partial charge in [0.25, 0.3) is 0 Å². The van der Waals surface area contributed by atoms with E-state index in [1.807, 2.05) is 20.8 Å². The van der Waals surface area contributed by atoms with Gasteiger partial charge in [-0.1, -0.05) is 26.8 Å². The van der Waals surface area contributed by atoms with E-state index >= 15 is 0 Å². The molecule has 0 fully saturated rings. The number of ether oxygens (including phenoxy) is 1. The smallest absolute Gasteiger partial charge is 0.430 e. The van der Waals surface area contributed by atoms with E-state index in [0.29, 0.717) is 5.56 Å². The molecule has 1 unspecified atom stereocenters. The van der Waals surface area contributed by atoms with Crippen molar-refractivity contribution >= 4 is 18.3 Å². The van der Waals surface area contributed by atoms with E-state index in [2.05, 4.69) is 0 Å². The highest BCUT2D eigenvalue weighted by Crippen LogP contribution is 2.40. The number of alkyl halides is 3. The largest absolute Gasteiger partial charge is 0.478 e. The highest BCUT2D eigenvalue weighted by molar-refractivity contribution is 5.95. The molecule has 0 bridgehead atoms. The zero-order valence-electron chi connectivity index (χ0n) is 13.3. The van der Waals surface area contributed by atoms with Crippen LogP contribution in [-0.2, 0) is 9.59 Å². The number of carboxylic acid groups (broad SMARTS) is 1. The number of aliphatic carboxylic acids is 1. The first kappa shape index (κ1) is 18.0. The normalized spacial score (nSPS) is 18.9. The van der Waals surface area contributed by atoms with E-state index in [0.717, 1.165) is 12.4 Å². The molecular formula is C17H17F3O4. The summed E-state index contributed by atoms with van der Waals surface area (Å²) < 4.78 is 43.8. The minimum atomic E-state index is -4.84. The molecule has 0 aliphatic carbocycles. The van der Waals surface area contributed by atoms with Gasteiger partial charge >= 0.3 is 12.1 Å². The summed E-state index contributed by atoms with van der Waals surface area (Å²) in [7, 11) is 0. The molecule has 1 aromatic rings. The fourth-order valence-electron chi connectivity index (χ4n) is 2.61. The molecule has 1 heterocycles. The Balaban J connectivity index is 2.53. The molecule has 2 rings (SSSR count). The van der Waals surface area contributed by atoms with Crippen molar-refractivity contribution in [2.45, 2.75) is 39.0 Å². The van der Waals surface area contributed by atoms with Gasteiger partial charge in [0.1, 0.15) is 12.0 Å². The first-order valence-electron chi connectivity index (χ1n) is 7.22. The summed E-state index contributed by atoms with van der Waals surface area (Å²) in [5.41, 5.74) is -0.474. The molecule has 24 heavy (non-hydrogen) atoms. The van der Waals surface area contributed by atoms with Crippen molar-refractivity contribution in [3.8, 4) is 5.75 Å². The molecule has 1 aromatic carbocycles. The summed E-state index contributed by atoms with van der Waals surface area (Å²) in [6.45, 7) is 5.58. The van der Waals surface area contributed by atoms with Gasteiger partial charge in [0.2, 0.25) is 6.10 Å². The molecule has 1 aliphatic rings. The third-order valence-corrected chi connectivity index (χ3v) is 3.84. The monoisotopic (exact) mass is 342 g/mol. The first-order valence-corrected chi connectivity index (χ1v) is 7.22. The molecule has 130 valence electrons. The van der Waals surface area contributed by atoms with Gasteiger partial charge in [-0.3, -0.25) is 0 Å². The minimum Gasteiger partial charge on any atom is -0.478 e. The first-order chi connectivity index (χ1) is 10.9. The molecule has 0 aromatic heterocycles. The van der Waals surface area contributed by atoms with E-state index in [1.54, 1.807) is 0 Å². The SMILES string of the molecule is CC(C)(C)C(C=O)c1ccc2c(c1)C=C(C(=O)O)[C@@H](C(F)(F)F)O2. The number of halogens is 3. The van der Waals surface area contributed by atoms with E-state index in [-0.39, 0.29) is 16.7 Å². The van der Waals surface area contributed by atoms with E-state index in [4.69, 9.17) is 9.84 Å². The number of carbonyl (C=O) groups is 2. The van der Waals surface area contributed by atoms with Crippen molar-refractivity contribution in [1.29, 1.82) is 0 Å². The fraction of sp³-hybridized carbons (Fsp3) is 0.412. The maximum absolute atomic E-state index is 13.0. The van der Waals surface area contributed by atoms with Gasteiger partial charge in [-0.2, -0.15) is 13.2 Å². The van der Waals surface area contributed by atoms with Gasteiger partial charge in [-0.05, 0) is 29.2 Å². The second kappa shape index (κ2) is 5.96. The molecule has 0 radical (unpaired) electrons. The van der Waals surface area contributed by atoms with Crippen LogP contribution in [0.15, 0.2) is 23.8 Å². The molecule has 1 aliphatic heterocycles. The van der Waals surface area contributed by atoms with E-state index in [1.165, 1.54) is 18.2 Å². The van der Waals surface area contributed by atoms with Crippen LogP contribution in [0.3, 0.4) is 0 Å². The van der Waals surface area contributed by atoms with Crippen molar-refractivity contribution in [3.63, 3.8) is 0 Å². The van der Waals surface area contributed by atoms with Crippen LogP contribution in [0.1, 0.15) is 37.8 Å². The fourth-order valence-corrected chi connectivity index (χ4v) is 2.61. The van der Waals surface area contributed by atoms with Crippen molar-refractivity contribution in [2.24, 2.45) is 5.41 Å². The Kier molecular flexibility index (Phi) is 4.48. The quantitative estimate of drug-likeness (QED) is 0.849. The number of fused-ring (bicyclic) bond motifs is 1. The average molecular weight is 342 g/mol. The van der Waals surface area contributed by atoms with Gasteiger partial charge < -0.3 is 14.6 Å². The van der Waals surface area contributed by atoms with Crippen molar-refractivity contribution in [1.82, 2.24) is 0 Å². The predicted molar refractivity (Wildman–Crippen MR) is 80.8 cm³/mol. The van der Waals surface area contributed by atoms with Crippen LogP contribution in [0, 0.1) is 5.41 Å². The summed E-state index contributed by atoms with van der Waals surface area (Å²) in [4.78, 5) is 22.5. The molecular weight excluding hydrogens is 325 g/mol. The number of hydrogen-bond acceptors (Lipinski definition) is 3. The number of carboxylic acids is 1. The Bertz CT molecular complexity index is 699. The topological polar surface area (TPSA) is 63.6 Å². The number of carbonyl (C=O) groups excluding carboxylic acids is 1. The Hall–Kier alpha value is -2.31. The lowest BCUT2D eigenvalue weighted by molar-refractivity contribution is -0.187. The lowest BCUT2D eigenvalue weighted by Gasteiger charge is -2.29. The Morgan fingerprint density at radius 1 is 1.29 bits per heavy atom. The summed E-state index contributed by atoms with van der Waals surface area (Å²) >= 11 is 0. The molecule has 7 heteroatoms. The lowest BCUT2D eigenvalue weighted by Crippen LogP contribution is -2.40. The highest BCUT2D eigenvalue weighted by atomic mass is 19.4. The van der Waals surface area contributed by atoms with Crippen LogP contribution >= 0.6 is 0 Å². The summed E-state index contributed by atoms with van der Waals surface area (Å²) in [5, 5.41) is 9.05. The Morgan fingerprint density at radius 2 is 1.92 bits per heavy atom. The number of benzene rings is 1. The molecule has 1 N–H and O–H groups in total. The highest BCUT2D eigenvalue weighted by Gasteiger charge is 2.48. The number of hydrogen-bond donors (Lipinski definition) is 1. The zero-order valence-corrected chi connectivity index (χ0v) is 13.3. The lowest BCUT2D eigenvalue weighted by atomic mass is 9.77. The van der Waals surface area contributed by atoms with Crippen molar-refractivity contribution < 1.29 is 32.6 Å². The van der Waals surface area contributed by atoms with Crippen molar-refractivity contribution in [2.75, 3.05) is 0 Å². The van der Waals surface area contributed by atoms with Gasteiger partial charge in [0.05, 0.1) is 5.57 Å². The number of rotatable bonds is 3. The van der Waals surface area contributed by atoms with Crippen LogP contribution < -0.4 is 4.74 Å². The molecule has 4 nitrogen and oxygen atoms in total. The average Bonchev–Trinajstić information content (AvgIpc) is 2.43. The van der Waals surface area contributed by atoms with Crippen molar-refractivity contribution in [3.05, 3.63) is 34.9 Å². The second-order valence-electron chi connectivity index (χ2n) is 6.72. The second-order valence-corrected chi connectivity index (χ2v) is 6.72. The van der Waals surface area contributed by atoms with Crippen LogP contribution in [0.25, 0.3) is 6.08 Å². The van der Waals surface area contributed by atoms with E-state index < -0.39 is 29.7 Å². The summed E-state index contributed by atoms with van der Waals surface area (Å²) in [6, 6.07) is 4.35. The maximum atomic E-state index is 13.0. The molecule has 0 saturated heterocycles. The minimum absolute atomic E-state index is 0.0652. The third kappa shape index (κ3) is 3.44. The Morgan fingerprint density at radius 3 is 2.38 bits per heavy atom. The Labute approximate surface area is 136 Å². The van der Waals surface area contributed by atoms with Gasteiger partial charge in [-0.15, -0.1) is 0 Å². The van der Waals surface area contributed by atoms with Crippen LogP contribution in [0.4, 0.5) is 13.2 Å². The van der Waals surface area contributed by atoms with Gasteiger partial charge in [0, 0.05) is 11.5 Å². The summed E-state index contributed by atoms with van der Waals surface area (Å²) in [5.74, 6) is -2.24. The van der Waals surface area contributed by atoms with Gasteiger partial charge in [0.15, 0.2) is 0 Å². The number of aldehydes is 1. The standard InChI is InChI=1S/C17H17F3O4/c1-16(2,3)12(8-21)9-4-5-13-10(6-9)7-11(15(22)23)14(24-13)17(18,19)20/h4-8,12,14H,1-3H3,(H,22,23)/t12?,14-/m0/s1. The van der Waals surface area contributed by atoms with Crippen LogP contribution in [-0.4, -0.2) is 29.6 Å². The zero-order chi connectivity index (χ0) is 18.3. The molecule has 2 atom stereocenters. The maximum Gasteiger partial charge on any atom is 0.430 e. The molecule has 0 spiro atoms.